The van der Waals surface area contributed by atoms with Crippen molar-refractivity contribution in [2.24, 2.45) is 11.7 Å². The van der Waals surface area contributed by atoms with E-state index in [1.165, 1.54) is 0 Å². The molecule has 1 aliphatic heterocycles. The van der Waals surface area contributed by atoms with E-state index in [9.17, 15) is 9.59 Å². The molecule has 1 aromatic rings. The smallest absolute Gasteiger partial charge is 0.253 e. The molecule has 2 rings (SSSR count). The highest BCUT2D eigenvalue weighted by atomic mass is 16.2. The van der Waals surface area contributed by atoms with Crippen molar-refractivity contribution >= 4 is 11.8 Å². The van der Waals surface area contributed by atoms with Gasteiger partial charge in [0, 0.05) is 37.2 Å². The number of piperidine rings is 1. The van der Waals surface area contributed by atoms with Gasteiger partial charge in [0.05, 0.1) is 0 Å². The molecule has 0 radical (unpaired) electrons. The molecule has 0 bridgehead atoms. The molecule has 120 valence electrons. The number of benzene rings is 1. The zero-order valence-electron chi connectivity index (χ0n) is 13.3. The molecule has 2 amide bonds. The minimum Gasteiger partial charge on any atom is -0.353 e. The third-order valence-corrected chi connectivity index (χ3v) is 4.23. The summed E-state index contributed by atoms with van der Waals surface area (Å²) in [5.41, 5.74) is 7.37. The Kier molecular flexibility index (Phi) is 5.55. The van der Waals surface area contributed by atoms with Gasteiger partial charge in [-0.15, -0.1) is 0 Å². The number of amides is 2. The second kappa shape index (κ2) is 7.40. The Morgan fingerprint density at radius 3 is 2.41 bits per heavy atom. The van der Waals surface area contributed by atoms with Crippen molar-refractivity contribution in [3.63, 3.8) is 0 Å². The lowest BCUT2D eigenvalue weighted by Gasteiger charge is -2.33. The molecular weight excluding hydrogens is 278 g/mol. The molecule has 5 nitrogen and oxygen atoms in total. The molecule has 1 heterocycles. The lowest BCUT2D eigenvalue weighted by atomic mass is 10.0. The van der Waals surface area contributed by atoms with E-state index >= 15 is 0 Å². The molecule has 1 atom stereocenters. The van der Waals surface area contributed by atoms with Crippen molar-refractivity contribution in [3.8, 4) is 0 Å². The lowest BCUT2D eigenvalue weighted by Crippen LogP contribution is -2.48. The first-order valence-electron chi connectivity index (χ1n) is 7.87. The van der Waals surface area contributed by atoms with Crippen LogP contribution in [-0.4, -0.2) is 42.4 Å². The summed E-state index contributed by atoms with van der Waals surface area (Å²) in [5, 5.41) is 3.02. The molecule has 0 aliphatic carbocycles. The Morgan fingerprint density at radius 1 is 1.27 bits per heavy atom. The molecule has 0 spiro atoms. The van der Waals surface area contributed by atoms with Crippen molar-refractivity contribution in [1.29, 1.82) is 0 Å². The van der Waals surface area contributed by atoms with Crippen molar-refractivity contribution in [2.75, 3.05) is 19.6 Å². The second-order valence-electron chi connectivity index (χ2n) is 6.08. The van der Waals surface area contributed by atoms with E-state index in [1.807, 2.05) is 43.0 Å². The first kappa shape index (κ1) is 16.5. The first-order chi connectivity index (χ1) is 10.5. The minimum absolute atomic E-state index is 0.00538. The van der Waals surface area contributed by atoms with Gasteiger partial charge in [-0.05, 0) is 31.9 Å². The molecule has 22 heavy (non-hydrogen) atoms. The zero-order valence-corrected chi connectivity index (χ0v) is 13.3. The van der Waals surface area contributed by atoms with Crippen LogP contribution < -0.4 is 11.1 Å². The lowest BCUT2D eigenvalue weighted by molar-refractivity contribution is -0.125. The monoisotopic (exact) mass is 303 g/mol. The second-order valence-corrected chi connectivity index (χ2v) is 6.08. The molecule has 0 aromatic heterocycles. The number of nitrogens with zero attached hydrogens (tertiary/aromatic N) is 1. The van der Waals surface area contributed by atoms with Crippen molar-refractivity contribution < 1.29 is 9.59 Å². The summed E-state index contributed by atoms with van der Waals surface area (Å²) in [5.74, 6) is -0.0851. The Morgan fingerprint density at radius 2 is 1.86 bits per heavy atom. The third kappa shape index (κ3) is 4.07. The summed E-state index contributed by atoms with van der Waals surface area (Å²) in [6.07, 6.45) is 1.58. The summed E-state index contributed by atoms with van der Waals surface area (Å²) >= 11 is 0. The van der Waals surface area contributed by atoms with E-state index in [1.54, 1.807) is 0 Å². The Bertz CT molecular complexity index is 519. The molecule has 1 unspecified atom stereocenters. The van der Waals surface area contributed by atoms with Crippen LogP contribution in [0.15, 0.2) is 24.3 Å². The maximum atomic E-state index is 12.4. The van der Waals surface area contributed by atoms with E-state index in [4.69, 9.17) is 5.73 Å². The average molecular weight is 303 g/mol. The Balaban J connectivity index is 1.85. The largest absolute Gasteiger partial charge is 0.353 e. The number of hydrogen-bond donors (Lipinski definition) is 2. The van der Waals surface area contributed by atoms with Gasteiger partial charge in [0.2, 0.25) is 5.91 Å². The van der Waals surface area contributed by atoms with Crippen molar-refractivity contribution in [1.82, 2.24) is 10.2 Å². The van der Waals surface area contributed by atoms with E-state index in [-0.39, 0.29) is 23.8 Å². The number of rotatable bonds is 4. The summed E-state index contributed by atoms with van der Waals surface area (Å²) in [7, 11) is 0. The van der Waals surface area contributed by atoms with Crippen LogP contribution >= 0.6 is 0 Å². The third-order valence-electron chi connectivity index (χ3n) is 4.23. The highest BCUT2D eigenvalue weighted by Crippen LogP contribution is 2.15. The number of nitrogens with two attached hydrogens (primary N) is 1. The summed E-state index contributed by atoms with van der Waals surface area (Å²) in [6.45, 7) is 5.54. The highest BCUT2D eigenvalue weighted by Gasteiger charge is 2.25. The van der Waals surface area contributed by atoms with Gasteiger partial charge in [-0.2, -0.15) is 0 Å². The predicted octanol–water partition coefficient (Wildman–Crippen LogP) is 1.31. The van der Waals surface area contributed by atoms with E-state index in [0.29, 0.717) is 19.6 Å². The van der Waals surface area contributed by atoms with Gasteiger partial charge in [0.1, 0.15) is 0 Å². The van der Waals surface area contributed by atoms with Gasteiger partial charge >= 0.3 is 0 Å². The van der Waals surface area contributed by atoms with E-state index < -0.39 is 0 Å². The summed E-state index contributed by atoms with van der Waals surface area (Å²) in [4.78, 5) is 26.1. The Labute approximate surface area is 131 Å². The van der Waals surface area contributed by atoms with Gasteiger partial charge in [0.25, 0.3) is 5.91 Å². The van der Waals surface area contributed by atoms with Crippen LogP contribution in [0.2, 0.25) is 0 Å². The number of aryl methyl sites for hydroxylation is 1. The molecule has 0 saturated carbocycles. The normalized spacial score (nSPS) is 17.1. The van der Waals surface area contributed by atoms with Crippen LogP contribution in [0.25, 0.3) is 0 Å². The van der Waals surface area contributed by atoms with Crippen molar-refractivity contribution in [3.05, 3.63) is 35.4 Å². The molecule has 3 N–H and O–H groups in total. The van der Waals surface area contributed by atoms with Crippen LogP contribution in [0.4, 0.5) is 0 Å². The molecular formula is C17H25N3O2. The Hall–Kier alpha value is -1.88. The maximum absolute atomic E-state index is 12.4. The maximum Gasteiger partial charge on any atom is 0.253 e. The SMILES string of the molecule is Cc1ccc(C(=O)N2CCC(NC(=O)C(C)CN)CC2)cc1. The number of carbonyl (C=O) groups is 2. The van der Waals surface area contributed by atoms with Gasteiger partial charge < -0.3 is 16.0 Å². The van der Waals surface area contributed by atoms with Crippen molar-refractivity contribution in [2.45, 2.75) is 32.7 Å². The molecule has 5 heteroatoms. The topological polar surface area (TPSA) is 75.4 Å². The van der Waals surface area contributed by atoms with Gasteiger partial charge in [-0.3, -0.25) is 9.59 Å². The van der Waals surface area contributed by atoms with E-state index in [2.05, 4.69) is 5.32 Å². The molecule has 1 aromatic carbocycles. The quantitative estimate of drug-likeness (QED) is 0.880. The fourth-order valence-electron chi connectivity index (χ4n) is 2.56. The highest BCUT2D eigenvalue weighted by molar-refractivity contribution is 5.94. The minimum atomic E-state index is -0.160. The van der Waals surface area contributed by atoms with E-state index in [0.717, 1.165) is 24.0 Å². The standard InChI is InChI=1S/C17H25N3O2/c1-12-3-5-14(6-4-12)17(22)20-9-7-15(8-10-20)19-16(21)13(2)11-18/h3-6,13,15H,7-11,18H2,1-2H3,(H,19,21). The first-order valence-corrected chi connectivity index (χ1v) is 7.87. The fourth-order valence-corrected chi connectivity index (χ4v) is 2.56. The van der Waals surface area contributed by atoms with Gasteiger partial charge in [-0.1, -0.05) is 24.6 Å². The summed E-state index contributed by atoms with van der Waals surface area (Å²) in [6, 6.07) is 7.79. The summed E-state index contributed by atoms with van der Waals surface area (Å²) < 4.78 is 0. The van der Waals surface area contributed by atoms with Crippen LogP contribution in [0.1, 0.15) is 35.7 Å². The average Bonchev–Trinajstić information content (AvgIpc) is 2.54. The van der Waals surface area contributed by atoms with Crippen LogP contribution in [-0.2, 0) is 4.79 Å². The van der Waals surface area contributed by atoms with Gasteiger partial charge in [-0.25, -0.2) is 0 Å². The van der Waals surface area contributed by atoms with Crippen LogP contribution in [0.3, 0.4) is 0 Å². The van der Waals surface area contributed by atoms with Crippen LogP contribution in [0, 0.1) is 12.8 Å². The molecule has 1 saturated heterocycles. The number of carbonyl (C=O) groups excluding carboxylic acids is 2. The fraction of sp³-hybridized carbons (Fsp3) is 0.529. The van der Waals surface area contributed by atoms with Gasteiger partial charge in [0.15, 0.2) is 0 Å². The molecule has 1 fully saturated rings. The number of nitrogens with one attached hydrogen (secondary N) is 1. The number of hydrogen-bond acceptors (Lipinski definition) is 3. The van der Waals surface area contributed by atoms with Crippen LogP contribution in [0.5, 0.6) is 0 Å². The molecule has 1 aliphatic rings. The zero-order chi connectivity index (χ0) is 16.1. The predicted molar refractivity (Wildman–Crippen MR) is 86.5 cm³/mol. The number of likely N-dealkylation sites (tertiary alicyclic amines) is 1.